The van der Waals surface area contributed by atoms with E-state index in [1.807, 2.05) is 0 Å². The van der Waals surface area contributed by atoms with E-state index in [1.54, 1.807) is 24.3 Å². The number of aldehydes is 1. The molecule has 0 unspecified atom stereocenters. The topological polar surface area (TPSA) is 37.3 Å². The highest BCUT2D eigenvalue weighted by Gasteiger charge is 1.84. The third kappa shape index (κ3) is 3.58. The van der Waals surface area contributed by atoms with E-state index >= 15 is 0 Å². The van der Waals surface area contributed by atoms with Gasteiger partial charge in [-0.1, -0.05) is 29.7 Å². The molecule has 1 aromatic carbocycles. The predicted molar refractivity (Wildman–Crippen MR) is 45.4 cm³/mol. The molecule has 0 amide bonds. The number of carbonyl (C=O) groups excluding carboxylic acids is 1. The summed E-state index contributed by atoms with van der Waals surface area (Å²) in [4.78, 5) is 10.1. The van der Waals surface area contributed by atoms with Gasteiger partial charge in [-0.3, -0.25) is 4.79 Å². The van der Waals surface area contributed by atoms with E-state index in [1.165, 1.54) is 0 Å². The van der Waals surface area contributed by atoms with Crippen molar-refractivity contribution < 1.29 is 9.90 Å². The maximum Gasteiger partial charge on any atom is 0.150 e. The minimum absolute atomic E-state index is 0.657. The molecular formula is C8H9BO2. The summed E-state index contributed by atoms with van der Waals surface area (Å²) in [6.07, 6.45) is 0.791. The minimum atomic E-state index is 0.657. The summed E-state index contributed by atoms with van der Waals surface area (Å²) in [5, 5.41) is 7.00. The number of hydrogen-bond acceptors (Lipinski definition) is 2. The second kappa shape index (κ2) is 5.68. The molecule has 0 atom stereocenters. The highest BCUT2D eigenvalue weighted by Crippen LogP contribution is 1.89. The van der Waals surface area contributed by atoms with Crippen LogP contribution >= 0.6 is 0 Å². The maximum absolute atomic E-state index is 10.1. The average Bonchev–Trinajstić information content (AvgIpc) is 2.10. The Morgan fingerprint density at radius 2 is 1.73 bits per heavy atom. The van der Waals surface area contributed by atoms with Gasteiger partial charge in [0.1, 0.15) is 14.1 Å². The largest absolute Gasteiger partial charge is 0.400 e. The van der Waals surface area contributed by atoms with Crippen LogP contribution < -0.4 is 5.46 Å². The Hall–Kier alpha value is -1.09. The van der Waals surface area contributed by atoms with Crippen molar-refractivity contribution in [2.45, 2.75) is 0 Å². The fourth-order valence-corrected chi connectivity index (χ4v) is 0.575. The van der Waals surface area contributed by atoms with Crippen LogP contribution in [0, 0.1) is 0 Å². The lowest BCUT2D eigenvalue weighted by Crippen LogP contribution is -1.99. The van der Waals surface area contributed by atoms with E-state index in [0.717, 1.165) is 13.4 Å². The van der Waals surface area contributed by atoms with E-state index < -0.39 is 0 Å². The van der Waals surface area contributed by atoms with Crippen LogP contribution in [-0.4, -0.2) is 26.3 Å². The van der Waals surface area contributed by atoms with E-state index in [2.05, 4.69) is 0 Å². The first-order valence-corrected chi connectivity index (χ1v) is 3.08. The van der Waals surface area contributed by atoms with Crippen LogP contribution in [0.3, 0.4) is 0 Å². The summed E-state index contributed by atoms with van der Waals surface area (Å²) in [6.45, 7) is 0. The Labute approximate surface area is 67.3 Å². The molecule has 0 aliphatic heterocycles. The molecule has 1 rings (SSSR count). The number of carbonyl (C=O) groups is 1. The van der Waals surface area contributed by atoms with Crippen molar-refractivity contribution in [1.82, 2.24) is 0 Å². The van der Waals surface area contributed by atoms with Crippen molar-refractivity contribution in [1.29, 1.82) is 0 Å². The quantitative estimate of drug-likeness (QED) is 0.446. The highest BCUT2D eigenvalue weighted by atomic mass is 16.2. The number of aliphatic hydroxyl groups excluding tert-OH is 1. The van der Waals surface area contributed by atoms with Crippen LogP contribution in [0.25, 0.3) is 0 Å². The van der Waals surface area contributed by atoms with Gasteiger partial charge in [0, 0.05) is 12.7 Å². The molecule has 0 aliphatic rings. The summed E-state index contributed by atoms with van der Waals surface area (Å²) in [6, 6.07) is 6.76. The van der Waals surface area contributed by atoms with Crippen LogP contribution in [0.2, 0.25) is 0 Å². The first kappa shape index (κ1) is 9.91. The van der Waals surface area contributed by atoms with Crippen LogP contribution in [-0.2, 0) is 0 Å². The number of rotatable bonds is 1. The molecule has 1 aromatic rings. The molecule has 1 N–H and O–H groups in total. The van der Waals surface area contributed by atoms with Gasteiger partial charge in [0.25, 0.3) is 0 Å². The van der Waals surface area contributed by atoms with Crippen molar-refractivity contribution in [3.63, 3.8) is 0 Å². The first-order chi connectivity index (χ1) is 5.33. The van der Waals surface area contributed by atoms with Gasteiger partial charge in [0.2, 0.25) is 0 Å². The summed E-state index contributed by atoms with van der Waals surface area (Å²) in [5.41, 5.74) is 1.34. The van der Waals surface area contributed by atoms with Crippen LogP contribution in [0.5, 0.6) is 0 Å². The van der Waals surface area contributed by atoms with Crippen molar-refractivity contribution >= 4 is 19.6 Å². The molecule has 56 valence electrons. The van der Waals surface area contributed by atoms with Gasteiger partial charge in [0.05, 0.1) is 0 Å². The molecular weight excluding hydrogens is 139 g/mol. The first-order valence-electron chi connectivity index (χ1n) is 3.08. The number of hydrogen-bond donors (Lipinski definition) is 1. The zero-order valence-corrected chi connectivity index (χ0v) is 6.32. The summed E-state index contributed by atoms with van der Waals surface area (Å²) in [7, 11) is 6.37. The SMILES string of the molecule is CO.[B]c1ccc(C=O)cc1. The number of aliphatic hydroxyl groups is 1. The fourth-order valence-electron chi connectivity index (χ4n) is 0.575. The van der Waals surface area contributed by atoms with Gasteiger partial charge in [-0.2, -0.15) is 0 Å². The third-order valence-electron chi connectivity index (χ3n) is 1.07. The smallest absolute Gasteiger partial charge is 0.150 e. The van der Waals surface area contributed by atoms with Crippen molar-refractivity contribution in [3.05, 3.63) is 29.8 Å². The van der Waals surface area contributed by atoms with Crippen molar-refractivity contribution in [2.75, 3.05) is 7.11 Å². The second-order valence-corrected chi connectivity index (χ2v) is 1.78. The van der Waals surface area contributed by atoms with Gasteiger partial charge in [-0.15, -0.1) is 0 Å². The normalized spacial score (nSPS) is 7.82. The molecule has 0 saturated carbocycles. The molecule has 11 heavy (non-hydrogen) atoms. The van der Waals surface area contributed by atoms with Crippen LogP contribution in [0.4, 0.5) is 0 Å². The van der Waals surface area contributed by atoms with Gasteiger partial charge in [0.15, 0.2) is 0 Å². The monoisotopic (exact) mass is 148 g/mol. The molecule has 0 bridgehead atoms. The molecule has 3 heteroatoms. The van der Waals surface area contributed by atoms with E-state index in [4.69, 9.17) is 13.0 Å². The maximum atomic E-state index is 10.1. The summed E-state index contributed by atoms with van der Waals surface area (Å²) < 4.78 is 0. The Morgan fingerprint density at radius 1 is 1.27 bits per heavy atom. The third-order valence-corrected chi connectivity index (χ3v) is 1.07. The molecule has 0 saturated heterocycles. The van der Waals surface area contributed by atoms with Crippen molar-refractivity contribution in [2.24, 2.45) is 0 Å². The zero-order valence-electron chi connectivity index (χ0n) is 6.32. The zero-order chi connectivity index (χ0) is 8.69. The molecule has 0 aromatic heterocycles. The molecule has 2 radical (unpaired) electrons. The highest BCUT2D eigenvalue weighted by molar-refractivity contribution is 6.32. The lowest BCUT2D eigenvalue weighted by atomic mass is 9.96. The van der Waals surface area contributed by atoms with Crippen LogP contribution in [0.1, 0.15) is 10.4 Å². The van der Waals surface area contributed by atoms with Gasteiger partial charge in [-0.25, -0.2) is 0 Å². The summed E-state index contributed by atoms with van der Waals surface area (Å²) >= 11 is 0. The van der Waals surface area contributed by atoms with E-state index in [-0.39, 0.29) is 0 Å². The lowest BCUT2D eigenvalue weighted by molar-refractivity contribution is 0.112. The second-order valence-electron chi connectivity index (χ2n) is 1.78. The standard InChI is InChI=1S/C7H5BO.CH4O/c8-7-3-1-6(5-9)2-4-7;1-2/h1-5H;2H,1H3. The number of benzene rings is 1. The minimum Gasteiger partial charge on any atom is -0.400 e. The van der Waals surface area contributed by atoms with Gasteiger partial charge < -0.3 is 5.11 Å². The summed E-state index contributed by atoms with van der Waals surface area (Å²) in [5.74, 6) is 0. The van der Waals surface area contributed by atoms with Gasteiger partial charge in [-0.05, 0) is 0 Å². The molecule has 2 nitrogen and oxygen atoms in total. The predicted octanol–water partition coefficient (Wildman–Crippen LogP) is -0.0986. The van der Waals surface area contributed by atoms with Crippen molar-refractivity contribution in [3.8, 4) is 0 Å². The van der Waals surface area contributed by atoms with E-state index in [0.29, 0.717) is 11.0 Å². The average molecular weight is 148 g/mol. The van der Waals surface area contributed by atoms with Gasteiger partial charge >= 0.3 is 0 Å². The molecule has 0 fully saturated rings. The van der Waals surface area contributed by atoms with E-state index in [9.17, 15) is 4.79 Å². The Kier molecular flexibility index (Phi) is 5.12. The fraction of sp³-hybridized carbons (Fsp3) is 0.125. The molecule has 0 aliphatic carbocycles. The Balaban J connectivity index is 0.000000461. The lowest BCUT2D eigenvalue weighted by Gasteiger charge is -1.89. The Bertz CT molecular complexity index is 206. The molecule has 0 heterocycles. The van der Waals surface area contributed by atoms with Crippen LogP contribution in [0.15, 0.2) is 24.3 Å². The molecule has 0 spiro atoms. The Morgan fingerprint density at radius 3 is 2.09 bits per heavy atom.